The smallest absolute Gasteiger partial charge is 0.250 e. The second kappa shape index (κ2) is 6.16. The first-order chi connectivity index (χ1) is 8.77. The van der Waals surface area contributed by atoms with Crippen molar-refractivity contribution in [2.24, 2.45) is 0 Å². The Morgan fingerprint density at radius 3 is 3.00 bits per heavy atom. The summed E-state index contributed by atoms with van der Waals surface area (Å²) in [7, 11) is 1.97. The summed E-state index contributed by atoms with van der Waals surface area (Å²) in [6.45, 7) is 0.919. The van der Waals surface area contributed by atoms with Crippen LogP contribution in [0.1, 0.15) is 43.0 Å². The molecule has 0 saturated carbocycles. The lowest BCUT2D eigenvalue weighted by Crippen LogP contribution is -2.30. The predicted octanol–water partition coefficient (Wildman–Crippen LogP) is 1.22. The molecule has 100 valence electrons. The maximum absolute atomic E-state index is 12.0. The highest BCUT2D eigenvalue weighted by Gasteiger charge is 2.21. The van der Waals surface area contributed by atoms with Gasteiger partial charge >= 0.3 is 0 Å². The van der Waals surface area contributed by atoms with E-state index < -0.39 is 0 Å². The van der Waals surface area contributed by atoms with Gasteiger partial charge in [-0.05, 0) is 44.7 Å². The van der Waals surface area contributed by atoms with Gasteiger partial charge in [-0.2, -0.15) is 0 Å². The van der Waals surface area contributed by atoms with E-state index in [1.807, 2.05) is 17.7 Å². The Morgan fingerprint density at radius 1 is 1.44 bits per heavy atom. The van der Waals surface area contributed by atoms with E-state index in [-0.39, 0.29) is 12.2 Å². The molecule has 1 aromatic rings. The third-order valence-corrected chi connectivity index (χ3v) is 3.75. The number of nitrogens with one attached hydrogen (secondary N) is 1. The number of aliphatic hydroxyl groups is 1. The Kier molecular flexibility index (Phi) is 4.55. The van der Waals surface area contributed by atoms with E-state index in [1.165, 1.54) is 11.3 Å². The number of pyridine rings is 1. The third-order valence-electron chi connectivity index (χ3n) is 3.75. The fourth-order valence-electron chi connectivity index (χ4n) is 2.79. The summed E-state index contributed by atoms with van der Waals surface area (Å²) in [6.07, 6.45) is 4.87. The molecule has 2 rings (SSSR count). The normalized spacial score (nSPS) is 18.7. The van der Waals surface area contributed by atoms with Crippen molar-refractivity contribution in [1.29, 1.82) is 0 Å². The van der Waals surface area contributed by atoms with Crippen molar-refractivity contribution < 1.29 is 5.11 Å². The molecule has 1 aromatic heterocycles. The minimum Gasteiger partial charge on any atom is -0.396 e. The van der Waals surface area contributed by atoms with Crippen molar-refractivity contribution in [3.05, 3.63) is 33.7 Å². The molecule has 0 radical (unpaired) electrons. The Bertz CT molecular complexity index is 454. The van der Waals surface area contributed by atoms with Gasteiger partial charge in [-0.3, -0.25) is 4.79 Å². The zero-order chi connectivity index (χ0) is 13.0. The van der Waals surface area contributed by atoms with Gasteiger partial charge in [-0.25, -0.2) is 0 Å². The van der Waals surface area contributed by atoms with Gasteiger partial charge in [0.2, 0.25) is 0 Å². The molecule has 0 fully saturated rings. The van der Waals surface area contributed by atoms with Gasteiger partial charge in [0.25, 0.3) is 5.56 Å². The Balaban J connectivity index is 2.30. The summed E-state index contributed by atoms with van der Waals surface area (Å²) >= 11 is 0. The van der Waals surface area contributed by atoms with Crippen molar-refractivity contribution in [3.8, 4) is 0 Å². The van der Waals surface area contributed by atoms with Crippen LogP contribution < -0.4 is 10.9 Å². The standard InChI is InChI=1S/C14H22N2O2/c1-15-12-5-4-6-13-11(12)7-8-14(18)16(13)9-2-3-10-17/h7-8,12,15,17H,2-6,9-10H2,1H3. The van der Waals surface area contributed by atoms with Crippen molar-refractivity contribution >= 4 is 0 Å². The van der Waals surface area contributed by atoms with E-state index in [2.05, 4.69) is 5.32 Å². The SMILES string of the molecule is CNC1CCCc2c1ccc(=O)n2CCCCO. The monoisotopic (exact) mass is 250 g/mol. The number of aliphatic hydroxyl groups excluding tert-OH is 1. The van der Waals surface area contributed by atoms with Crippen molar-refractivity contribution in [2.45, 2.75) is 44.7 Å². The van der Waals surface area contributed by atoms with E-state index in [9.17, 15) is 4.79 Å². The number of aromatic nitrogens is 1. The fraction of sp³-hybridized carbons (Fsp3) is 0.643. The summed E-state index contributed by atoms with van der Waals surface area (Å²) < 4.78 is 1.90. The fourth-order valence-corrected chi connectivity index (χ4v) is 2.79. The summed E-state index contributed by atoms with van der Waals surface area (Å²) in [4.78, 5) is 12.0. The second-order valence-electron chi connectivity index (χ2n) is 4.89. The molecule has 0 saturated heterocycles. The van der Waals surface area contributed by atoms with Crippen LogP contribution in [0.2, 0.25) is 0 Å². The first kappa shape index (κ1) is 13.3. The van der Waals surface area contributed by atoms with E-state index in [0.29, 0.717) is 6.04 Å². The van der Waals surface area contributed by atoms with Gasteiger partial charge in [0.15, 0.2) is 0 Å². The molecular weight excluding hydrogens is 228 g/mol. The number of unbranched alkanes of at least 4 members (excludes halogenated alkanes) is 1. The zero-order valence-electron chi connectivity index (χ0n) is 11.0. The van der Waals surface area contributed by atoms with E-state index >= 15 is 0 Å². The molecule has 1 heterocycles. The third kappa shape index (κ3) is 2.65. The summed E-state index contributed by atoms with van der Waals surface area (Å²) in [6, 6.07) is 4.02. The average Bonchev–Trinajstić information content (AvgIpc) is 2.40. The second-order valence-corrected chi connectivity index (χ2v) is 4.89. The minimum atomic E-state index is 0.0865. The number of fused-ring (bicyclic) bond motifs is 1. The van der Waals surface area contributed by atoms with Crippen molar-refractivity contribution in [2.75, 3.05) is 13.7 Å². The van der Waals surface area contributed by atoms with Crippen molar-refractivity contribution in [1.82, 2.24) is 9.88 Å². The molecule has 4 heteroatoms. The quantitative estimate of drug-likeness (QED) is 0.773. The lowest BCUT2D eigenvalue weighted by atomic mass is 9.91. The van der Waals surface area contributed by atoms with E-state index in [0.717, 1.165) is 38.6 Å². The van der Waals surface area contributed by atoms with Crippen LogP contribution in [0.25, 0.3) is 0 Å². The Morgan fingerprint density at radius 2 is 2.28 bits per heavy atom. The predicted molar refractivity (Wildman–Crippen MR) is 71.8 cm³/mol. The van der Waals surface area contributed by atoms with Gasteiger partial charge in [0.05, 0.1) is 0 Å². The molecule has 1 aliphatic rings. The van der Waals surface area contributed by atoms with Crippen LogP contribution in [0.5, 0.6) is 0 Å². The molecular formula is C14H22N2O2. The van der Waals surface area contributed by atoms with E-state index in [1.54, 1.807) is 6.07 Å². The topological polar surface area (TPSA) is 54.3 Å². The van der Waals surface area contributed by atoms with E-state index in [4.69, 9.17) is 5.11 Å². The van der Waals surface area contributed by atoms with Crippen LogP contribution in [0, 0.1) is 0 Å². The van der Waals surface area contributed by atoms with Gasteiger partial charge in [-0.15, -0.1) is 0 Å². The van der Waals surface area contributed by atoms with Crippen LogP contribution in [0.15, 0.2) is 16.9 Å². The molecule has 1 aliphatic carbocycles. The Labute approximate surface area is 108 Å². The average molecular weight is 250 g/mol. The number of rotatable bonds is 5. The molecule has 0 amide bonds. The molecule has 2 N–H and O–H groups in total. The van der Waals surface area contributed by atoms with Crippen molar-refractivity contribution in [3.63, 3.8) is 0 Å². The van der Waals surface area contributed by atoms with Gasteiger partial charge in [-0.1, -0.05) is 6.07 Å². The summed E-state index contributed by atoms with van der Waals surface area (Å²) in [5.41, 5.74) is 2.54. The molecule has 0 spiro atoms. The highest BCUT2D eigenvalue weighted by Crippen LogP contribution is 2.28. The molecule has 0 bridgehead atoms. The summed E-state index contributed by atoms with van der Waals surface area (Å²) in [5.74, 6) is 0. The van der Waals surface area contributed by atoms with Crippen LogP contribution in [-0.2, 0) is 13.0 Å². The highest BCUT2D eigenvalue weighted by molar-refractivity contribution is 5.27. The number of hydrogen-bond acceptors (Lipinski definition) is 3. The molecule has 1 atom stereocenters. The summed E-state index contributed by atoms with van der Waals surface area (Å²) in [5, 5.41) is 12.2. The highest BCUT2D eigenvalue weighted by atomic mass is 16.2. The van der Waals surface area contributed by atoms with Gasteiger partial charge in [0, 0.05) is 31.0 Å². The van der Waals surface area contributed by atoms with Crippen LogP contribution in [0.4, 0.5) is 0 Å². The first-order valence-corrected chi connectivity index (χ1v) is 6.78. The van der Waals surface area contributed by atoms with Crippen LogP contribution >= 0.6 is 0 Å². The van der Waals surface area contributed by atoms with Crippen LogP contribution in [0.3, 0.4) is 0 Å². The van der Waals surface area contributed by atoms with Crippen LogP contribution in [-0.4, -0.2) is 23.3 Å². The zero-order valence-corrected chi connectivity index (χ0v) is 11.0. The first-order valence-electron chi connectivity index (χ1n) is 6.78. The molecule has 0 aliphatic heterocycles. The largest absolute Gasteiger partial charge is 0.396 e. The maximum atomic E-state index is 12.0. The molecule has 1 unspecified atom stereocenters. The molecule has 4 nitrogen and oxygen atoms in total. The maximum Gasteiger partial charge on any atom is 0.250 e. The number of hydrogen-bond donors (Lipinski definition) is 2. The Hall–Kier alpha value is -1.13. The molecule has 0 aromatic carbocycles. The minimum absolute atomic E-state index is 0.0865. The van der Waals surface area contributed by atoms with Gasteiger partial charge in [0.1, 0.15) is 0 Å². The van der Waals surface area contributed by atoms with Gasteiger partial charge < -0.3 is 15.0 Å². The lowest BCUT2D eigenvalue weighted by molar-refractivity contribution is 0.280. The molecule has 18 heavy (non-hydrogen) atoms. The number of nitrogens with zero attached hydrogens (tertiary/aromatic N) is 1. The lowest BCUT2D eigenvalue weighted by Gasteiger charge is -2.27.